The molecule has 1 N–H and O–H groups in total. The third-order valence-electron chi connectivity index (χ3n) is 3.32. The van der Waals surface area contributed by atoms with Gasteiger partial charge in [0, 0.05) is 32.0 Å². The summed E-state index contributed by atoms with van der Waals surface area (Å²) in [4.78, 5) is 6.94. The number of anilines is 1. The molecule has 1 atom stereocenters. The molecule has 0 aliphatic carbocycles. The molecule has 1 aliphatic heterocycles. The van der Waals surface area contributed by atoms with Gasteiger partial charge in [0.05, 0.1) is 0 Å². The summed E-state index contributed by atoms with van der Waals surface area (Å²) in [5.74, 6) is 2.58. The van der Waals surface area contributed by atoms with E-state index < -0.39 is 0 Å². The maximum Gasteiger partial charge on any atom is 0.205 e. The van der Waals surface area contributed by atoms with Crippen molar-refractivity contribution in [1.82, 2.24) is 14.9 Å². The summed E-state index contributed by atoms with van der Waals surface area (Å²) in [6, 6.07) is 0. The van der Waals surface area contributed by atoms with Gasteiger partial charge in [-0.2, -0.15) is 0 Å². The van der Waals surface area contributed by atoms with Gasteiger partial charge in [0.25, 0.3) is 0 Å². The summed E-state index contributed by atoms with van der Waals surface area (Å²) in [6.07, 6.45) is 5.29. The van der Waals surface area contributed by atoms with Crippen LogP contribution in [-0.2, 0) is 6.54 Å². The van der Waals surface area contributed by atoms with Crippen LogP contribution in [0.25, 0.3) is 0 Å². The Morgan fingerprint density at radius 2 is 2.35 bits per heavy atom. The van der Waals surface area contributed by atoms with E-state index in [2.05, 4.69) is 39.8 Å². The summed E-state index contributed by atoms with van der Waals surface area (Å²) in [5.41, 5.74) is 0. The second-order valence-corrected chi connectivity index (χ2v) is 5.43. The van der Waals surface area contributed by atoms with Crippen LogP contribution in [0.3, 0.4) is 0 Å². The summed E-state index contributed by atoms with van der Waals surface area (Å²) >= 11 is 0. The van der Waals surface area contributed by atoms with Crippen molar-refractivity contribution in [3.63, 3.8) is 0 Å². The van der Waals surface area contributed by atoms with E-state index in [0.29, 0.717) is 5.92 Å². The Balaban J connectivity index is 2.00. The van der Waals surface area contributed by atoms with Crippen molar-refractivity contribution in [3.05, 3.63) is 12.4 Å². The second kappa shape index (κ2) is 5.54. The van der Waals surface area contributed by atoms with Crippen LogP contribution in [0.1, 0.15) is 20.3 Å². The smallest absolute Gasteiger partial charge is 0.205 e. The highest BCUT2D eigenvalue weighted by Crippen LogP contribution is 2.22. The molecule has 1 unspecified atom stereocenters. The van der Waals surface area contributed by atoms with Gasteiger partial charge in [0.15, 0.2) is 0 Å². The monoisotopic (exact) mass is 236 g/mol. The van der Waals surface area contributed by atoms with E-state index in [4.69, 9.17) is 0 Å². The number of nitrogens with one attached hydrogen (secondary N) is 1. The molecule has 0 saturated carbocycles. The summed E-state index contributed by atoms with van der Waals surface area (Å²) in [7, 11) is 2.03. The predicted octanol–water partition coefficient (Wildman–Crippen LogP) is 1.58. The SMILES string of the molecule is CNCC1CCN(c2nccn2CC(C)C)C1. The molecule has 0 bridgehead atoms. The zero-order valence-corrected chi connectivity index (χ0v) is 11.2. The molecule has 0 aromatic carbocycles. The molecule has 1 aliphatic rings. The van der Waals surface area contributed by atoms with Crippen LogP contribution >= 0.6 is 0 Å². The first kappa shape index (κ1) is 12.4. The number of hydrogen-bond donors (Lipinski definition) is 1. The van der Waals surface area contributed by atoms with Gasteiger partial charge < -0.3 is 14.8 Å². The van der Waals surface area contributed by atoms with Gasteiger partial charge in [-0.25, -0.2) is 4.98 Å². The standard InChI is InChI=1S/C13H24N4/c1-11(2)9-17-7-5-15-13(17)16-6-4-12(10-16)8-14-3/h5,7,11-12,14H,4,6,8-10H2,1-3H3. The molecule has 1 fully saturated rings. The predicted molar refractivity (Wildman–Crippen MR) is 71.3 cm³/mol. The first-order valence-corrected chi connectivity index (χ1v) is 6.61. The number of rotatable bonds is 5. The van der Waals surface area contributed by atoms with Gasteiger partial charge in [-0.15, -0.1) is 0 Å². The summed E-state index contributed by atoms with van der Waals surface area (Å²) in [5, 5.41) is 3.27. The highest BCUT2D eigenvalue weighted by atomic mass is 15.3. The fraction of sp³-hybridized carbons (Fsp3) is 0.769. The van der Waals surface area contributed by atoms with Crippen molar-refractivity contribution >= 4 is 5.95 Å². The first-order valence-electron chi connectivity index (χ1n) is 6.61. The molecule has 2 heterocycles. The Morgan fingerprint density at radius 3 is 3.06 bits per heavy atom. The molecule has 4 heteroatoms. The van der Waals surface area contributed by atoms with Crippen molar-refractivity contribution in [2.24, 2.45) is 11.8 Å². The Labute approximate surface area is 104 Å². The van der Waals surface area contributed by atoms with Gasteiger partial charge in [0.1, 0.15) is 0 Å². The number of aromatic nitrogens is 2. The Morgan fingerprint density at radius 1 is 1.53 bits per heavy atom. The quantitative estimate of drug-likeness (QED) is 0.842. The van der Waals surface area contributed by atoms with E-state index in [1.54, 1.807) is 0 Å². The van der Waals surface area contributed by atoms with Crippen molar-refractivity contribution < 1.29 is 0 Å². The Hall–Kier alpha value is -1.03. The highest BCUT2D eigenvalue weighted by Gasteiger charge is 2.24. The topological polar surface area (TPSA) is 33.1 Å². The fourth-order valence-electron chi connectivity index (χ4n) is 2.59. The normalized spacial score (nSPS) is 20.5. The molecule has 17 heavy (non-hydrogen) atoms. The van der Waals surface area contributed by atoms with Crippen LogP contribution in [0.5, 0.6) is 0 Å². The molecule has 4 nitrogen and oxygen atoms in total. The van der Waals surface area contributed by atoms with Crippen molar-refractivity contribution in [1.29, 1.82) is 0 Å². The third kappa shape index (κ3) is 3.00. The molecule has 1 saturated heterocycles. The first-order chi connectivity index (χ1) is 8.20. The average Bonchev–Trinajstić information content (AvgIpc) is 2.86. The van der Waals surface area contributed by atoms with Gasteiger partial charge in [-0.05, 0) is 31.8 Å². The Kier molecular flexibility index (Phi) is 4.05. The van der Waals surface area contributed by atoms with E-state index in [1.807, 2.05) is 13.2 Å². The number of imidazole rings is 1. The highest BCUT2D eigenvalue weighted by molar-refractivity contribution is 5.33. The average molecular weight is 236 g/mol. The second-order valence-electron chi connectivity index (χ2n) is 5.43. The molecule has 0 radical (unpaired) electrons. The van der Waals surface area contributed by atoms with Crippen molar-refractivity contribution in [3.8, 4) is 0 Å². The van der Waals surface area contributed by atoms with Crippen LogP contribution in [0.4, 0.5) is 5.95 Å². The van der Waals surface area contributed by atoms with Gasteiger partial charge in [-0.3, -0.25) is 0 Å². The molecular formula is C13H24N4. The fourth-order valence-corrected chi connectivity index (χ4v) is 2.59. The molecule has 96 valence electrons. The van der Waals surface area contributed by atoms with Crippen LogP contribution in [-0.4, -0.2) is 36.2 Å². The lowest BCUT2D eigenvalue weighted by atomic mass is 10.1. The maximum absolute atomic E-state index is 4.51. The molecule has 0 amide bonds. The lowest BCUT2D eigenvalue weighted by Gasteiger charge is -2.20. The van der Waals surface area contributed by atoms with E-state index in [1.165, 1.54) is 6.42 Å². The van der Waals surface area contributed by atoms with Crippen LogP contribution in [0.15, 0.2) is 12.4 Å². The lowest BCUT2D eigenvalue weighted by molar-refractivity contribution is 0.517. The molecule has 1 aromatic heterocycles. The summed E-state index contributed by atoms with van der Waals surface area (Å²) in [6.45, 7) is 8.94. The van der Waals surface area contributed by atoms with Crippen molar-refractivity contribution in [2.45, 2.75) is 26.8 Å². The zero-order chi connectivity index (χ0) is 12.3. The summed E-state index contributed by atoms with van der Waals surface area (Å²) < 4.78 is 2.28. The number of nitrogens with zero attached hydrogens (tertiary/aromatic N) is 3. The minimum absolute atomic E-state index is 0.665. The van der Waals surface area contributed by atoms with Crippen molar-refractivity contribution in [2.75, 3.05) is 31.6 Å². The van der Waals surface area contributed by atoms with Gasteiger partial charge in [-0.1, -0.05) is 13.8 Å². The molecular weight excluding hydrogens is 212 g/mol. The minimum atomic E-state index is 0.665. The largest absolute Gasteiger partial charge is 0.342 e. The molecule has 1 aromatic rings. The van der Waals surface area contributed by atoms with E-state index in [-0.39, 0.29) is 0 Å². The molecule has 2 rings (SSSR count). The van der Waals surface area contributed by atoms with Crippen LogP contribution in [0, 0.1) is 11.8 Å². The van der Waals surface area contributed by atoms with Gasteiger partial charge in [0.2, 0.25) is 5.95 Å². The van der Waals surface area contributed by atoms with Crippen LogP contribution < -0.4 is 10.2 Å². The van der Waals surface area contributed by atoms with E-state index >= 15 is 0 Å². The lowest BCUT2D eigenvalue weighted by Crippen LogP contribution is -2.26. The number of hydrogen-bond acceptors (Lipinski definition) is 3. The zero-order valence-electron chi connectivity index (χ0n) is 11.2. The van der Waals surface area contributed by atoms with Crippen LogP contribution in [0.2, 0.25) is 0 Å². The molecule has 0 spiro atoms. The maximum atomic E-state index is 4.51. The minimum Gasteiger partial charge on any atom is -0.342 e. The third-order valence-corrected chi connectivity index (χ3v) is 3.32. The van der Waals surface area contributed by atoms with E-state index in [0.717, 1.165) is 38.0 Å². The van der Waals surface area contributed by atoms with E-state index in [9.17, 15) is 0 Å². The van der Waals surface area contributed by atoms with Gasteiger partial charge >= 0.3 is 0 Å². The Bertz CT molecular complexity index is 345.